The molecular formula is C19H20FNO4. The van der Waals surface area contributed by atoms with Crippen molar-refractivity contribution in [3.05, 3.63) is 65.5 Å². The molecule has 0 bridgehead atoms. The van der Waals surface area contributed by atoms with Crippen molar-refractivity contribution in [2.75, 3.05) is 26.8 Å². The van der Waals surface area contributed by atoms with Crippen LogP contribution in [0.25, 0.3) is 0 Å². The predicted molar refractivity (Wildman–Crippen MR) is 90.0 cm³/mol. The minimum atomic E-state index is -0.956. The van der Waals surface area contributed by atoms with E-state index in [1.54, 1.807) is 47.4 Å². The van der Waals surface area contributed by atoms with E-state index in [1.807, 2.05) is 0 Å². The van der Waals surface area contributed by atoms with Gasteiger partial charge in [-0.25, -0.2) is 4.39 Å². The number of halogens is 1. The maximum absolute atomic E-state index is 14.1. The highest BCUT2D eigenvalue weighted by Gasteiger charge is 2.33. The van der Waals surface area contributed by atoms with Crippen LogP contribution in [0.5, 0.6) is 5.75 Å². The number of nitrogens with zero attached hydrogens (tertiary/aromatic N) is 1. The number of benzene rings is 2. The quantitative estimate of drug-likeness (QED) is 0.903. The Hall–Kier alpha value is -2.44. The highest BCUT2D eigenvalue weighted by molar-refractivity contribution is 5.75. The summed E-state index contributed by atoms with van der Waals surface area (Å²) in [5.74, 6) is -0.701. The summed E-state index contributed by atoms with van der Waals surface area (Å²) in [5, 5.41) is 9.76. The Morgan fingerprint density at radius 1 is 1.32 bits per heavy atom. The lowest BCUT2D eigenvalue weighted by Gasteiger charge is -2.36. The first-order valence-corrected chi connectivity index (χ1v) is 8.07. The van der Waals surface area contributed by atoms with Gasteiger partial charge < -0.3 is 14.6 Å². The lowest BCUT2D eigenvalue weighted by atomic mass is 10.0. The van der Waals surface area contributed by atoms with Crippen molar-refractivity contribution in [3.8, 4) is 5.75 Å². The van der Waals surface area contributed by atoms with Crippen molar-refractivity contribution in [3.63, 3.8) is 0 Å². The van der Waals surface area contributed by atoms with Crippen molar-refractivity contribution < 1.29 is 23.8 Å². The summed E-state index contributed by atoms with van der Waals surface area (Å²) in [5.41, 5.74) is 1.07. The molecule has 0 radical (unpaired) electrons. The maximum Gasteiger partial charge on any atom is 0.325 e. The van der Waals surface area contributed by atoms with Crippen molar-refractivity contribution in [2.24, 2.45) is 0 Å². The standard InChI is InChI=1S/C19H20FNO4/c1-24-14-6-4-5-13(11-14)18(19(22)23)21-9-10-25-17(12-21)15-7-2-3-8-16(15)20/h2-8,11,17-18H,9-10,12H2,1H3,(H,22,23). The van der Waals surface area contributed by atoms with E-state index in [9.17, 15) is 14.3 Å². The van der Waals surface area contributed by atoms with Gasteiger partial charge in [0.05, 0.1) is 19.8 Å². The number of carboxylic acids is 1. The minimum Gasteiger partial charge on any atom is -0.497 e. The molecule has 25 heavy (non-hydrogen) atoms. The van der Waals surface area contributed by atoms with Crippen molar-refractivity contribution in [2.45, 2.75) is 12.1 Å². The molecule has 1 fully saturated rings. The van der Waals surface area contributed by atoms with E-state index in [-0.39, 0.29) is 5.82 Å². The molecule has 2 aromatic carbocycles. The van der Waals surface area contributed by atoms with Gasteiger partial charge in [0.25, 0.3) is 0 Å². The molecule has 0 aromatic heterocycles. The lowest BCUT2D eigenvalue weighted by molar-refractivity contribution is -0.147. The third-order valence-electron chi connectivity index (χ3n) is 4.36. The average Bonchev–Trinajstić information content (AvgIpc) is 2.62. The predicted octanol–water partition coefficient (Wildman–Crippen LogP) is 3.03. The number of ether oxygens (including phenoxy) is 2. The minimum absolute atomic E-state index is 0.301. The number of carbonyl (C=O) groups is 1. The second-order valence-electron chi connectivity index (χ2n) is 5.89. The van der Waals surface area contributed by atoms with Gasteiger partial charge in [0.2, 0.25) is 0 Å². The van der Waals surface area contributed by atoms with E-state index in [1.165, 1.54) is 13.2 Å². The Kier molecular flexibility index (Phi) is 5.31. The van der Waals surface area contributed by atoms with Crippen LogP contribution in [0.15, 0.2) is 48.5 Å². The first kappa shape index (κ1) is 17.4. The van der Waals surface area contributed by atoms with E-state index in [0.29, 0.717) is 36.6 Å². The average molecular weight is 345 g/mol. The number of morpholine rings is 1. The molecule has 0 aliphatic carbocycles. The molecule has 132 valence electrons. The molecule has 0 saturated carbocycles. The molecular weight excluding hydrogens is 325 g/mol. The van der Waals surface area contributed by atoms with Gasteiger partial charge >= 0.3 is 5.97 Å². The van der Waals surface area contributed by atoms with Crippen molar-refractivity contribution in [1.29, 1.82) is 0 Å². The second-order valence-corrected chi connectivity index (χ2v) is 5.89. The van der Waals surface area contributed by atoms with Crippen LogP contribution in [0.2, 0.25) is 0 Å². The summed E-state index contributed by atoms with van der Waals surface area (Å²) in [6, 6.07) is 12.6. The zero-order valence-corrected chi connectivity index (χ0v) is 13.9. The topological polar surface area (TPSA) is 59.0 Å². The first-order valence-electron chi connectivity index (χ1n) is 8.07. The molecule has 6 heteroatoms. The van der Waals surface area contributed by atoms with Gasteiger partial charge in [-0.3, -0.25) is 9.69 Å². The molecule has 1 aliphatic rings. The van der Waals surface area contributed by atoms with Crippen LogP contribution >= 0.6 is 0 Å². The van der Waals surface area contributed by atoms with Crippen molar-refractivity contribution in [1.82, 2.24) is 4.90 Å². The first-order chi connectivity index (χ1) is 12.1. The highest BCUT2D eigenvalue weighted by atomic mass is 19.1. The molecule has 1 N–H and O–H groups in total. The van der Waals surface area contributed by atoms with Gasteiger partial charge in [0, 0.05) is 18.7 Å². The third kappa shape index (κ3) is 3.81. The Balaban J connectivity index is 1.86. The highest BCUT2D eigenvalue weighted by Crippen LogP contribution is 2.31. The number of methoxy groups -OCH3 is 1. The van der Waals surface area contributed by atoms with Gasteiger partial charge in [0.1, 0.15) is 17.6 Å². The number of rotatable bonds is 5. The molecule has 1 heterocycles. The molecule has 2 atom stereocenters. The number of hydrogen-bond acceptors (Lipinski definition) is 4. The molecule has 2 unspecified atom stereocenters. The maximum atomic E-state index is 14.1. The number of hydrogen-bond donors (Lipinski definition) is 1. The number of carboxylic acid groups (broad SMARTS) is 1. The van der Waals surface area contributed by atoms with Gasteiger partial charge in [-0.1, -0.05) is 30.3 Å². The fourth-order valence-corrected chi connectivity index (χ4v) is 3.15. The van der Waals surface area contributed by atoms with Crippen LogP contribution in [0.3, 0.4) is 0 Å². The van der Waals surface area contributed by atoms with Gasteiger partial charge in [0.15, 0.2) is 0 Å². The fourth-order valence-electron chi connectivity index (χ4n) is 3.15. The van der Waals surface area contributed by atoms with E-state index >= 15 is 0 Å². The van der Waals surface area contributed by atoms with Gasteiger partial charge in [-0.15, -0.1) is 0 Å². The van der Waals surface area contributed by atoms with Crippen LogP contribution in [-0.2, 0) is 9.53 Å². The molecule has 0 spiro atoms. The summed E-state index contributed by atoms with van der Waals surface area (Å²) in [6.45, 7) is 1.10. The molecule has 1 saturated heterocycles. The van der Waals surface area contributed by atoms with Gasteiger partial charge in [-0.05, 0) is 23.8 Å². The summed E-state index contributed by atoms with van der Waals surface area (Å²) in [4.78, 5) is 13.7. The van der Waals surface area contributed by atoms with Crippen LogP contribution in [-0.4, -0.2) is 42.8 Å². The Bertz CT molecular complexity index is 752. The number of aliphatic carboxylic acids is 1. The van der Waals surface area contributed by atoms with E-state index in [0.717, 1.165) is 0 Å². The monoisotopic (exact) mass is 345 g/mol. The zero-order chi connectivity index (χ0) is 17.8. The van der Waals surface area contributed by atoms with Crippen LogP contribution in [0, 0.1) is 5.82 Å². The summed E-state index contributed by atoms with van der Waals surface area (Å²) >= 11 is 0. The SMILES string of the molecule is COc1cccc(C(C(=O)O)N2CCOC(c3ccccc3F)C2)c1. The Morgan fingerprint density at radius 2 is 2.12 bits per heavy atom. The zero-order valence-electron chi connectivity index (χ0n) is 13.9. The normalized spacial score (nSPS) is 19.4. The summed E-state index contributed by atoms with van der Waals surface area (Å²) in [7, 11) is 1.54. The molecule has 0 amide bonds. The summed E-state index contributed by atoms with van der Waals surface area (Å²) < 4.78 is 24.9. The summed E-state index contributed by atoms with van der Waals surface area (Å²) in [6.07, 6.45) is -0.498. The van der Waals surface area contributed by atoms with Crippen LogP contribution in [0.4, 0.5) is 4.39 Å². The molecule has 5 nitrogen and oxygen atoms in total. The Morgan fingerprint density at radius 3 is 2.84 bits per heavy atom. The Labute approximate surface area is 145 Å². The smallest absolute Gasteiger partial charge is 0.325 e. The van der Waals surface area contributed by atoms with Crippen LogP contribution < -0.4 is 4.74 Å². The molecule has 2 aromatic rings. The van der Waals surface area contributed by atoms with Gasteiger partial charge in [-0.2, -0.15) is 0 Å². The van der Waals surface area contributed by atoms with E-state index in [2.05, 4.69) is 0 Å². The van der Waals surface area contributed by atoms with E-state index < -0.39 is 18.1 Å². The molecule has 1 aliphatic heterocycles. The fraction of sp³-hybridized carbons (Fsp3) is 0.316. The largest absolute Gasteiger partial charge is 0.497 e. The lowest BCUT2D eigenvalue weighted by Crippen LogP contribution is -2.43. The van der Waals surface area contributed by atoms with Crippen LogP contribution in [0.1, 0.15) is 23.3 Å². The third-order valence-corrected chi connectivity index (χ3v) is 4.36. The second kappa shape index (κ2) is 7.63. The molecule has 3 rings (SSSR count). The van der Waals surface area contributed by atoms with E-state index in [4.69, 9.17) is 9.47 Å². The van der Waals surface area contributed by atoms with Crippen molar-refractivity contribution >= 4 is 5.97 Å².